The molecular formula is C22H29N3O3S. The second-order valence-corrected chi connectivity index (χ2v) is 9.56. The third kappa shape index (κ3) is 6.05. The van der Waals surface area contributed by atoms with Crippen molar-refractivity contribution in [1.29, 1.82) is 0 Å². The molecule has 2 unspecified atom stereocenters. The Morgan fingerprint density at radius 3 is 2.48 bits per heavy atom. The molecule has 1 saturated heterocycles. The molecule has 0 bridgehead atoms. The zero-order valence-electron chi connectivity index (χ0n) is 17.0. The maximum absolute atomic E-state index is 12.5. The Balaban J connectivity index is 1.56. The molecule has 2 aromatic rings. The molecule has 7 heteroatoms. The molecular weight excluding hydrogens is 386 g/mol. The monoisotopic (exact) mass is 415 g/mol. The van der Waals surface area contributed by atoms with Gasteiger partial charge in [-0.3, -0.25) is 9.52 Å². The molecule has 2 aromatic carbocycles. The van der Waals surface area contributed by atoms with Crippen LogP contribution in [-0.4, -0.2) is 44.9 Å². The van der Waals surface area contributed by atoms with Gasteiger partial charge in [-0.1, -0.05) is 25.1 Å². The first-order valence-corrected chi connectivity index (χ1v) is 11.5. The minimum atomic E-state index is -3.64. The van der Waals surface area contributed by atoms with Gasteiger partial charge in [0.25, 0.3) is 15.9 Å². The number of anilines is 1. The first-order chi connectivity index (χ1) is 13.8. The normalized spacial score (nSPS) is 18.8. The number of hydrogen-bond acceptors (Lipinski definition) is 4. The van der Waals surface area contributed by atoms with Gasteiger partial charge in [-0.15, -0.1) is 0 Å². The molecule has 3 rings (SSSR count). The first-order valence-electron chi connectivity index (χ1n) is 10.0. The van der Waals surface area contributed by atoms with Gasteiger partial charge in [0.05, 0.1) is 4.90 Å². The van der Waals surface area contributed by atoms with Gasteiger partial charge in [0, 0.05) is 30.4 Å². The second-order valence-electron chi connectivity index (χ2n) is 7.88. The molecule has 0 radical (unpaired) electrons. The number of piperidine rings is 1. The van der Waals surface area contributed by atoms with E-state index in [0.29, 0.717) is 17.2 Å². The average molecular weight is 416 g/mol. The van der Waals surface area contributed by atoms with Gasteiger partial charge >= 0.3 is 0 Å². The van der Waals surface area contributed by atoms with E-state index in [1.54, 1.807) is 42.5 Å². The van der Waals surface area contributed by atoms with Gasteiger partial charge in [-0.25, -0.2) is 8.42 Å². The standard InChI is InChI=1S/C22H29N3O3S/c1-17-7-6-14-25(15-17)16-18(2)23-22(26)19-10-12-20(13-11-19)24-29(27,28)21-8-4-3-5-9-21/h3-5,8-13,17-18,24H,6-7,14-16H2,1-2H3,(H,23,26). The number of likely N-dealkylation sites (tertiary alicyclic amines) is 1. The molecule has 0 aromatic heterocycles. The number of rotatable bonds is 7. The summed E-state index contributed by atoms with van der Waals surface area (Å²) in [5.41, 5.74) is 0.923. The van der Waals surface area contributed by atoms with Crippen LogP contribution in [0, 0.1) is 5.92 Å². The van der Waals surface area contributed by atoms with Crippen molar-refractivity contribution in [3.63, 3.8) is 0 Å². The molecule has 6 nitrogen and oxygen atoms in total. The Bertz CT molecular complexity index is 914. The average Bonchev–Trinajstić information content (AvgIpc) is 2.69. The van der Waals surface area contributed by atoms with E-state index >= 15 is 0 Å². The largest absolute Gasteiger partial charge is 0.348 e. The third-order valence-electron chi connectivity index (χ3n) is 5.10. The van der Waals surface area contributed by atoms with E-state index in [4.69, 9.17) is 0 Å². The number of amides is 1. The van der Waals surface area contributed by atoms with Crippen molar-refractivity contribution in [1.82, 2.24) is 10.2 Å². The fourth-order valence-corrected chi connectivity index (χ4v) is 4.78. The molecule has 29 heavy (non-hydrogen) atoms. The zero-order valence-corrected chi connectivity index (χ0v) is 17.8. The lowest BCUT2D eigenvalue weighted by atomic mass is 10.00. The van der Waals surface area contributed by atoms with E-state index in [1.807, 2.05) is 6.92 Å². The summed E-state index contributed by atoms with van der Waals surface area (Å²) < 4.78 is 27.3. The van der Waals surface area contributed by atoms with Crippen LogP contribution in [0.4, 0.5) is 5.69 Å². The highest BCUT2D eigenvalue weighted by atomic mass is 32.2. The summed E-state index contributed by atoms with van der Waals surface area (Å²) in [4.78, 5) is 15.1. The van der Waals surface area contributed by atoms with Gasteiger partial charge < -0.3 is 10.2 Å². The molecule has 0 spiro atoms. The zero-order chi connectivity index (χ0) is 20.9. The molecule has 0 saturated carbocycles. The topological polar surface area (TPSA) is 78.5 Å². The number of benzene rings is 2. The minimum absolute atomic E-state index is 0.0454. The number of nitrogens with one attached hydrogen (secondary N) is 2. The van der Waals surface area contributed by atoms with Crippen LogP contribution < -0.4 is 10.0 Å². The van der Waals surface area contributed by atoms with E-state index in [9.17, 15) is 13.2 Å². The lowest BCUT2D eigenvalue weighted by molar-refractivity contribution is 0.0920. The van der Waals surface area contributed by atoms with Gasteiger partial charge in [0.1, 0.15) is 0 Å². The predicted octanol–water partition coefficient (Wildman–Crippen LogP) is 3.34. The summed E-state index contributed by atoms with van der Waals surface area (Å²) in [7, 11) is -3.64. The quantitative estimate of drug-likeness (QED) is 0.727. The van der Waals surface area contributed by atoms with Crippen molar-refractivity contribution in [2.75, 3.05) is 24.4 Å². The lowest BCUT2D eigenvalue weighted by Gasteiger charge is -2.32. The van der Waals surface area contributed by atoms with E-state index < -0.39 is 10.0 Å². The molecule has 2 N–H and O–H groups in total. The van der Waals surface area contributed by atoms with Gasteiger partial charge in [-0.2, -0.15) is 0 Å². The Morgan fingerprint density at radius 2 is 1.83 bits per heavy atom. The van der Waals surface area contributed by atoms with E-state index in [0.717, 1.165) is 19.6 Å². The molecule has 1 amide bonds. The summed E-state index contributed by atoms with van der Waals surface area (Å²) in [5.74, 6) is 0.555. The van der Waals surface area contributed by atoms with Gasteiger partial charge in [0.2, 0.25) is 0 Å². The highest BCUT2D eigenvalue weighted by Gasteiger charge is 2.19. The third-order valence-corrected chi connectivity index (χ3v) is 6.50. The van der Waals surface area contributed by atoms with Crippen molar-refractivity contribution in [3.8, 4) is 0 Å². The Kier molecular flexibility index (Phi) is 6.92. The van der Waals surface area contributed by atoms with Gasteiger partial charge in [0.15, 0.2) is 0 Å². The Labute approximate surface area is 173 Å². The molecule has 156 valence electrons. The summed E-state index contributed by atoms with van der Waals surface area (Å²) in [6.07, 6.45) is 2.49. The van der Waals surface area contributed by atoms with Crippen LogP contribution in [0.25, 0.3) is 0 Å². The maximum atomic E-state index is 12.5. The summed E-state index contributed by atoms with van der Waals surface area (Å²) in [6.45, 7) is 7.28. The van der Waals surface area contributed by atoms with E-state index in [1.165, 1.54) is 25.0 Å². The molecule has 0 aliphatic carbocycles. The second kappa shape index (κ2) is 9.41. The van der Waals surface area contributed by atoms with Crippen LogP contribution in [0.1, 0.15) is 37.0 Å². The summed E-state index contributed by atoms with van der Waals surface area (Å²) >= 11 is 0. The van der Waals surface area contributed by atoms with Crippen LogP contribution in [0.15, 0.2) is 59.5 Å². The van der Waals surface area contributed by atoms with Gasteiger partial charge in [-0.05, 0) is 68.6 Å². The highest BCUT2D eigenvalue weighted by Crippen LogP contribution is 2.17. The van der Waals surface area contributed by atoms with Crippen molar-refractivity contribution in [2.24, 2.45) is 5.92 Å². The Morgan fingerprint density at radius 1 is 1.14 bits per heavy atom. The number of hydrogen-bond donors (Lipinski definition) is 2. The molecule has 1 aliphatic rings. The number of nitrogens with zero attached hydrogens (tertiary/aromatic N) is 1. The van der Waals surface area contributed by atoms with Crippen LogP contribution in [-0.2, 0) is 10.0 Å². The van der Waals surface area contributed by atoms with Crippen molar-refractivity contribution in [3.05, 3.63) is 60.2 Å². The minimum Gasteiger partial charge on any atom is -0.348 e. The lowest BCUT2D eigenvalue weighted by Crippen LogP contribution is -2.45. The summed E-state index contributed by atoms with van der Waals surface area (Å²) in [5, 5.41) is 3.03. The van der Waals surface area contributed by atoms with Crippen LogP contribution in [0.2, 0.25) is 0 Å². The summed E-state index contributed by atoms with van der Waals surface area (Å²) in [6, 6.07) is 14.7. The first kappa shape index (κ1) is 21.3. The molecule has 2 atom stereocenters. The smallest absolute Gasteiger partial charge is 0.261 e. The van der Waals surface area contributed by atoms with E-state index in [2.05, 4.69) is 21.9 Å². The van der Waals surface area contributed by atoms with Crippen molar-refractivity contribution < 1.29 is 13.2 Å². The number of sulfonamides is 1. The van der Waals surface area contributed by atoms with Crippen LogP contribution in [0.3, 0.4) is 0 Å². The van der Waals surface area contributed by atoms with Crippen LogP contribution in [0.5, 0.6) is 0 Å². The number of carbonyl (C=O) groups is 1. The maximum Gasteiger partial charge on any atom is 0.261 e. The van der Waals surface area contributed by atoms with Crippen LogP contribution >= 0.6 is 0 Å². The number of carbonyl (C=O) groups excluding carboxylic acids is 1. The molecule has 1 aliphatic heterocycles. The fourth-order valence-electron chi connectivity index (χ4n) is 3.70. The predicted molar refractivity (Wildman–Crippen MR) is 115 cm³/mol. The SMILES string of the molecule is CC1CCCN(CC(C)NC(=O)c2ccc(NS(=O)(=O)c3ccccc3)cc2)C1. The van der Waals surface area contributed by atoms with Crippen molar-refractivity contribution >= 4 is 21.6 Å². The molecule has 1 fully saturated rings. The highest BCUT2D eigenvalue weighted by molar-refractivity contribution is 7.92. The fraction of sp³-hybridized carbons (Fsp3) is 0.409. The van der Waals surface area contributed by atoms with Crippen molar-refractivity contribution in [2.45, 2.75) is 37.6 Å². The molecule has 1 heterocycles. The Hall–Kier alpha value is -2.38. The van der Waals surface area contributed by atoms with E-state index in [-0.39, 0.29) is 16.8 Å².